The molecule has 1 N–H and O–H groups in total. The van der Waals surface area contributed by atoms with Crippen molar-refractivity contribution < 1.29 is 4.79 Å². The molecule has 0 aromatic rings. The lowest BCUT2D eigenvalue weighted by Gasteiger charge is -2.37. The van der Waals surface area contributed by atoms with Gasteiger partial charge in [-0.05, 0) is 38.8 Å². The van der Waals surface area contributed by atoms with Crippen LogP contribution in [0.3, 0.4) is 0 Å². The molecule has 0 radical (unpaired) electrons. The van der Waals surface area contributed by atoms with Crippen LogP contribution in [0.25, 0.3) is 0 Å². The molecule has 94 valence electrons. The standard InChI is InChI=1S/C13H26N2O/c1-4-10-15(11-5-2)12(16)13(3)6-8-14-9-7-13/h14H,4-11H2,1-3H3. The van der Waals surface area contributed by atoms with Crippen LogP contribution in [0.15, 0.2) is 0 Å². The average Bonchev–Trinajstić information content (AvgIpc) is 2.29. The zero-order chi connectivity index (χ0) is 12.0. The number of piperidine rings is 1. The number of carbonyl (C=O) groups is 1. The Hall–Kier alpha value is -0.570. The molecule has 1 fully saturated rings. The second-order valence-electron chi connectivity index (χ2n) is 5.10. The van der Waals surface area contributed by atoms with Crippen LogP contribution in [0.2, 0.25) is 0 Å². The number of nitrogens with one attached hydrogen (secondary N) is 1. The molecule has 3 heteroatoms. The van der Waals surface area contributed by atoms with Crippen molar-refractivity contribution >= 4 is 5.91 Å². The van der Waals surface area contributed by atoms with E-state index < -0.39 is 0 Å². The molecule has 0 bridgehead atoms. The molecule has 0 aliphatic carbocycles. The van der Waals surface area contributed by atoms with Crippen molar-refractivity contribution in [2.24, 2.45) is 5.41 Å². The van der Waals surface area contributed by atoms with Gasteiger partial charge in [0.25, 0.3) is 0 Å². The molecule has 1 amide bonds. The number of carbonyl (C=O) groups excluding carboxylic acids is 1. The first-order chi connectivity index (χ1) is 7.64. The maximum atomic E-state index is 12.5. The fourth-order valence-electron chi connectivity index (χ4n) is 2.43. The molecule has 0 aromatic carbocycles. The van der Waals surface area contributed by atoms with E-state index in [4.69, 9.17) is 0 Å². The molecule has 0 spiro atoms. The fraction of sp³-hybridized carbons (Fsp3) is 0.923. The zero-order valence-corrected chi connectivity index (χ0v) is 11.0. The van der Waals surface area contributed by atoms with Gasteiger partial charge < -0.3 is 10.2 Å². The van der Waals surface area contributed by atoms with Gasteiger partial charge >= 0.3 is 0 Å². The fourth-order valence-corrected chi connectivity index (χ4v) is 2.43. The summed E-state index contributed by atoms with van der Waals surface area (Å²) in [4.78, 5) is 14.6. The Morgan fingerprint density at radius 1 is 1.19 bits per heavy atom. The summed E-state index contributed by atoms with van der Waals surface area (Å²) in [5.74, 6) is 0.373. The van der Waals surface area contributed by atoms with Crippen LogP contribution in [0.1, 0.15) is 46.5 Å². The quantitative estimate of drug-likeness (QED) is 0.778. The molecule has 0 saturated carbocycles. The van der Waals surface area contributed by atoms with Crippen molar-refractivity contribution in [1.29, 1.82) is 0 Å². The second-order valence-corrected chi connectivity index (χ2v) is 5.10. The number of nitrogens with zero attached hydrogens (tertiary/aromatic N) is 1. The molecule has 0 aromatic heterocycles. The van der Waals surface area contributed by atoms with E-state index >= 15 is 0 Å². The summed E-state index contributed by atoms with van der Waals surface area (Å²) < 4.78 is 0. The van der Waals surface area contributed by atoms with Gasteiger partial charge in [-0.15, -0.1) is 0 Å². The van der Waals surface area contributed by atoms with Crippen LogP contribution in [-0.4, -0.2) is 37.0 Å². The lowest BCUT2D eigenvalue weighted by Crippen LogP contribution is -2.48. The van der Waals surface area contributed by atoms with E-state index in [1.807, 2.05) is 0 Å². The maximum Gasteiger partial charge on any atom is 0.228 e. The van der Waals surface area contributed by atoms with Gasteiger partial charge in [-0.3, -0.25) is 4.79 Å². The first-order valence-corrected chi connectivity index (χ1v) is 6.64. The largest absolute Gasteiger partial charge is 0.342 e. The van der Waals surface area contributed by atoms with E-state index in [2.05, 4.69) is 31.0 Å². The minimum atomic E-state index is -0.115. The van der Waals surface area contributed by atoms with Crippen LogP contribution in [0, 0.1) is 5.41 Å². The number of amides is 1. The lowest BCUT2D eigenvalue weighted by atomic mass is 9.79. The summed E-state index contributed by atoms with van der Waals surface area (Å²) in [5, 5.41) is 3.33. The van der Waals surface area contributed by atoms with Crippen molar-refractivity contribution in [3.8, 4) is 0 Å². The summed E-state index contributed by atoms with van der Waals surface area (Å²) >= 11 is 0. The van der Waals surface area contributed by atoms with Crippen molar-refractivity contribution in [2.45, 2.75) is 46.5 Å². The molecule has 0 unspecified atom stereocenters. The highest BCUT2D eigenvalue weighted by atomic mass is 16.2. The average molecular weight is 226 g/mol. The van der Waals surface area contributed by atoms with E-state index in [1.54, 1.807) is 0 Å². The van der Waals surface area contributed by atoms with Gasteiger partial charge in [0.2, 0.25) is 5.91 Å². The van der Waals surface area contributed by atoms with Gasteiger partial charge in [-0.1, -0.05) is 20.8 Å². The molecule has 1 heterocycles. The third kappa shape index (κ3) is 3.21. The van der Waals surface area contributed by atoms with Crippen LogP contribution in [0.4, 0.5) is 0 Å². The molecule has 1 aliphatic heterocycles. The lowest BCUT2D eigenvalue weighted by molar-refractivity contribution is -0.142. The van der Waals surface area contributed by atoms with Gasteiger partial charge in [0.15, 0.2) is 0 Å². The molecule has 0 atom stereocenters. The highest BCUT2D eigenvalue weighted by molar-refractivity contribution is 5.82. The van der Waals surface area contributed by atoms with E-state index in [9.17, 15) is 4.79 Å². The molecule has 16 heavy (non-hydrogen) atoms. The minimum absolute atomic E-state index is 0.115. The summed E-state index contributed by atoms with van der Waals surface area (Å²) in [6.07, 6.45) is 4.08. The van der Waals surface area contributed by atoms with Crippen LogP contribution in [0.5, 0.6) is 0 Å². The predicted molar refractivity (Wildman–Crippen MR) is 67.4 cm³/mol. The topological polar surface area (TPSA) is 32.3 Å². The first-order valence-electron chi connectivity index (χ1n) is 6.64. The van der Waals surface area contributed by atoms with Crippen molar-refractivity contribution in [2.75, 3.05) is 26.2 Å². The number of rotatable bonds is 5. The van der Waals surface area contributed by atoms with Gasteiger partial charge in [0.1, 0.15) is 0 Å². The van der Waals surface area contributed by atoms with Crippen molar-refractivity contribution in [3.05, 3.63) is 0 Å². The Kier molecular flexibility index (Phi) is 5.26. The Labute approximate surface area is 99.6 Å². The molecule has 1 rings (SSSR count). The van der Waals surface area contributed by atoms with Gasteiger partial charge in [-0.25, -0.2) is 0 Å². The first kappa shape index (κ1) is 13.5. The number of hydrogen-bond donors (Lipinski definition) is 1. The Bertz CT molecular complexity index is 216. The summed E-state index contributed by atoms with van der Waals surface area (Å²) in [6.45, 7) is 10.2. The van der Waals surface area contributed by atoms with Gasteiger partial charge in [0, 0.05) is 18.5 Å². The van der Waals surface area contributed by atoms with Crippen LogP contribution >= 0.6 is 0 Å². The predicted octanol–water partition coefficient (Wildman–Crippen LogP) is 2.02. The second kappa shape index (κ2) is 6.24. The van der Waals surface area contributed by atoms with Gasteiger partial charge in [0.05, 0.1) is 0 Å². The zero-order valence-electron chi connectivity index (χ0n) is 11.0. The highest BCUT2D eigenvalue weighted by Crippen LogP contribution is 2.30. The Morgan fingerprint density at radius 2 is 1.69 bits per heavy atom. The van der Waals surface area contributed by atoms with Crippen molar-refractivity contribution in [3.63, 3.8) is 0 Å². The van der Waals surface area contributed by atoms with E-state index in [-0.39, 0.29) is 5.41 Å². The summed E-state index contributed by atoms with van der Waals surface area (Å²) in [7, 11) is 0. The Balaban J connectivity index is 2.63. The molecular weight excluding hydrogens is 200 g/mol. The SMILES string of the molecule is CCCN(CCC)C(=O)C1(C)CCNCC1. The maximum absolute atomic E-state index is 12.5. The van der Waals surface area contributed by atoms with Crippen LogP contribution < -0.4 is 5.32 Å². The van der Waals surface area contributed by atoms with Crippen LogP contribution in [-0.2, 0) is 4.79 Å². The van der Waals surface area contributed by atoms with Crippen molar-refractivity contribution in [1.82, 2.24) is 10.2 Å². The van der Waals surface area contributed by atoms with Gasteiger partial charge in [-0.2, -0.15) is 0 Å². The number of hydrogen-bond acceptors (Lipinski definition) is 2. The third-order valence-corrected chi connectivity index (χ3v) is 3.50. The molecule has 3 nitrogen and oxygen atoms in total. The van der Waals surface area contributed by atoms with E-state index in [1.165, 1.54) is 0 Å². The Morgan fingerprint density at radius 3 is 2.12 bits per heavy atom. The highest BCUT2D eigenvalue weighted by Gasteiger charge is 2.36. The van der Waals surface area contributed by atoms with E-state index in [0.717, 1.165) is 51.9 Å². The molecule has 1 aliphatic rings. The molecule has 1 saturated heterocycles. The van der Waals surface area contributed by atoms with E-state index in [0.29, 0.717) is 5.91 Å². The normalized spacial score (nSPS) is 19.4. The smallest absolute Gasteiger partial charge is 0.228 e. The molecular formula is C13H26N2O. The summed E-state index contributed by atoms with van der Waals surface area (Å²) in [5.41, 5.74) is -0.115. The summed E-state index contributed by atoms with van der Waals surface area (Å²) in [6, 6.07) is 0. The minimum Gasteiger partial charge on any atom is -0.342 e. The third-order valence-electron chi connectivity index (χ3n) is 3.50. The monoisotopic (exact) mass is 226 g/mol.